The number of hydrogen-bond acceptors (Lipinski definition) is 6. The van der Waals surface area contributed by atoms with E-state index >= 15 is 0 Å². The lowest BCUT2D eigenvalue weighted by atomic mass is 9.82. The van der Waals surface area contributed by atoms with Crippen LogP contribution >= 0.6 is 0 Å². The number of benzene rings is 2. The van der Waals surface area contributed by atoms with Gasteiger partial charge < -0.3 is 10.2 Å². The number of allylic oxidation sites excluding steroid dienone is 4. The molecule has 0 aliphatic heterocycles. The maximum absolute atomic E-state index is 12.3. The first-order chi connectivity index (χ1) is 13.2. The Balaban J connectivity index is 2.08. The minimum Gasteiger partial charge on any atom is -0.506 e. The Hall–Kier alpha value is -3.80. The molecule has 0 unspecified atom stereocenters. The van der Waals surface area contributed by atoms with Gasteiger partial charge in [-0.15, -0.1) is 0 Å². The van der Waals surface area contributed by atoms with Crippen molar-refractivity contribution < 1.29 is 29.4 Å². The third kappa shape index (κ3) is 2.28. The van der Waals surface area contributed by atoms with E-state index in [-0.39, 0.29) is 33.4 Å². The van der Waals surface area contributed by atoms with Crippen molar-refractivity contribution in [3.05, 3.63) is 69.8 Å². The second kappa shape index (κ2) is 5.85. The molecule has 138 valence electrons. The number of hydrogen-bond donors (Lipinski definition) is 2. The number of carbonyl (C=O) groups excluding carboxylic acids is 4. The van der Waals surface area contributed by atoms with E-state index in [1.165, 1.54) is 12.1 Å². The predicted molar refractivity (Wildman–Crippen MR) is 100 cm³/mol. The average Bonchev–Trinajstić information content (AvgIpc) is 2.63. The first kappa shape index (κ1) is 17.6. The molecule has 0 heterocycles. The van der Waals surface area contributed by atoms with E-state index in [9.17, 15) is 29.4 Å². The molecule has 0 bridgehead atoms. The van der Waals surface area contributed by atoms with Crippen LogP contribution in [0, 0.1) is 13.8 Å². The van der Waals surface area contributed by atoms with Crippen LogP contribution in [0.2, 0.25) is 0 Å². The molecule has 0 saturated heterocycles. The highest BCUT2D eigenvalue weighted by Gasteiger charge is 2.31. The van der Waals surface area contributed by atoms with Crippen LogP contribution < -0.4 is 0 Å². The van der Waals surface area contributed by atoms with Gasteiger partial charge in [-0.05, 0) is 61.4 Å². The van der Waals surface area contributed by atoms with E-state index < -0.39 is 34.6 Å². The van der Waals surface area contributed by atoms with Gasteiger partial charge in [0.25, 0.3) is 0 Å². The van der Waals surface area contributed by atoms with Crippen LogP contribution in [0.4, 0.5) is 0 Å². The third-order valence-electron chi connectivity index (χ3n) is 5.04. The van der Waals surface area contributed by atoms with Gasteiger partial charge in [0.2, 0.25) is 0 Å². The number of phenols is 2. The van der Waals surface area contributed by atoms with Crippen molar-refractivity contribution in [2.75, 3.05) is 0 Å². The zero-order chi connectivity index (χ0) is 20.3. The second-order valence-corrected chi connectivity index (χ2v) is 6.80. The minimum atomic E-state index is -0.530. The van der Waals surface area contributed by atoms with Crippen LogP contribution in [-0.2, 0) is 0 Å². The van der Waals surface area contributed by atoms with Crippen LogP contribution in [-0.4, -0.2) is 33.3 Å². The molecule has 0 radical (unpaired) electrons. The Morgan fingerprint density at radius 1 is 0.536 bits per heavy atom. The highest BCUT2D eigenvalue weighted by molar-refractivity contribution is 6.25. The summed E-state index contributed by atoms with van der Waals surface area (Å²) in [7, 11) is 0. The van der Waals surface area contributed by atoms with Gasteiger partial charge in [-0.25, -0.2) is 0 Å². The third-order valence-corrected chi connectivity index (χ3v) is 5.04. The molecule has 2 N–H and O–H groups in total. The van der Waals surface area contributed by atoms with Crippen molar-refractivity contribution in [2.24, 2.45) is 0 Å². The first-order valence-corrected chi connectivity index (χ1v) is 8.49. The maximum Gasteiger partial charge on any atom is 0.190 e. The molecule has 2 aromatic carbocycles. The summed E-state index contributed by atoms with van der Waals surface area (Å²) in [4.78, 5) is 48.7. The van der Waals surface area contributed by atoms with Gasteiger partial charge in [0.15, 0.2) is 23.1 Å². The van der Waals surface area contributed by atoms with Gasteiger partial charge >= 0.3 is 0 Å². The Morgan fingerprint density at radius 2 is 0.857 bits per heavy atom. The highest BCUT2D eigenvalue weighted by Crippen LogP contribution is 2.46. The molecule has 0 aromatic heterocycles. The van der Waals surface area contributed by atoms with Crippen LogP contribution in [0.1, 0.15) is 52.6 Å². The largest absolute Gasteiger partial charge is 0.506 e. The molecule has 0 saturated carbocycles. The molecule has 2 aliphatic rings. The van der Waals surface area contributed by atoms with Crippen molar-refractivity contribution in [1.82, 2.24) is 0 Å². The van der Waals surface area contributed by atoms with E-state index in [1.54, 1.807) is 13.8 Å². The molecule has 0 atom stereocenters. The molecular formula is C22H14O6. The fourth-order valence-corrected chi connectivity index (χ4v) is 3.77. The summed E-state index contributed by atoms with van der Waals surface area (Å²) >= 11 is 0. The van der Waals surface area contributed by atoms with Crippen molar-refractivity contribution >= 4 is 23.1 Å². The van der Waals surface area contributed by atoms with Crippen molar-refractivity contribution in [3.8, 4) is 22.6 Å². The number of phenolic OH excluding ortho intramolecular Hbond substituents is 2. The lowest BCUT2D eigenvalue weighted by Crippen LogP contribution is -2.15. The summed E-state index contributed by atoms with van der Waals surface area (Å²) < 4.78 is 0. The topological polar surface area (TPSA) is 109 Å². The molecule has 0 fully saturated rings. The Kier molecular flexibility index (Phi) is 3.68. The summed E-state index contributed by atoms with van der Waals surface area (Å²) in [6, 6.07) is 2.94. The summed E-state index contributed by atoms with van der Waals surface area (Å²) in [5.74, 6) is -2.76. The van der Waals surface area contributed by atoms with Crippen molar-refractivity contribution in [3.63, 3.8) is 0 Å². The molecular weight excluding hydrogens is 360 g/mol. The normalized spacial score (nSPS) is 15.1. The molecule has 28 heavy (non-hydrogen) atoms. The van der Waals surface area contributed by atoms with E-state index in [2.05, 4.69) is 0 Å². The lowest BCUT2D eigenvalue weighted by Gasteiger charge is -2.21. The van der Waals surface area contributed by atoms with Gasteiger partial charge in [0.05, 0.1) is 11.1 Å². The molecule has 4 rings (SSSR count). The number of fused-ring (bicyclic) bond motifs is 2. The van der Waals surface area contributed by atoms with Crippen LogP contribution in [0.25, 0.3) is 11.1 Å². The van der Waals surface area contributed by atoms with Crippen molar-refractivity contribution in [2.45, 2.75) is 13.8 Å². The van der Waals surface area contributed by atoms with E-state index in [0.717, 1.165) is 24.3 Å². The Labute approximate surface area is 159 Å². The van der Waals surface area contributed by atoms with Crippen LogP contribution in [0.5, 0.6) is 11.5 Å². The molecule has 2 aliphatic carbocycles. The monoisotopic (exact) mass is 374 g/mol. The van der Waals surface area contributed by atoms with Crippen LogP contribution in [0.15, 0.2) is 36.4 Å². The molecule has 6 heteroatoms. The molecule has 6 nitrogen and oxygen atoms in total. The molecule has 2 aromatic rings. The minimum absolute atomic E-state index is 0.0792. The van der Waals surface area contributed by atoms with Gasteiger partial charge in [0.1, 0.15) is 11.5 Å². The zero-order valence-electron chi connectivity index (χ0n) is 15.0. The van der Waals surface area contributed by atoms with E-state index in [1.807, 2.05) is 0 Å². The number of carbonyl (C=O) groups is 4. The van der Waals surface area contributed by atoms with Crippen LogP contribution in [0.3, 0.4) is 0 Å². The van der Waals surface area contributed by atoms with E-state index in [0.29, 0.717) is 11.1 Å². The van der Waals surface area contributed by atoms with Gasteiger partial charge in [0, 0.05) is 22.3 Å². The lowest BCUT2D eigenvalue weighted by molar-refractivity contribution is 0.0991. The Morgan fingerprint density at radius 3 is 1.21 bits per heavy atom. The summed E-state index contributed by atoms with van der Waals surface area (Å²) in [5, 5.41) is 21.7. The fraction of sp³-hybridized carbons (Fsp3) is 0.0909. The average molecular weight is 374 g/mol. The Bertz CT molecular complexity index is 1120. The summed E-state index contributed by atoms with van der Waals surface area (Å²) in [6.45, 7) is 3.24. The standard InChI is InChI=1S/C22H14O6/c1-9-7-11-13(23)3-5-15(25)19(11)21(27)17(9)18-10(2)8-12-14(24)4-6-16(26)20(12)22(18)28/h3-8,27-28H,1-2H3. The van der Waals surface area contributed by atoms with Gasteiger partial charge in [-0.1, -0.05) is 0 Å². The highest BCUT2D eigenvalue weighted by atomic mass is 16.3. The zero-order valence-corrected chi connectivity index (χ0v) is 15.0. The summed E-state index contributed by atoms with van der Waals surface area (Å²) in [6.07, 6.45) is 4.44. The van der Waals surface area contributed by atoms with Gasteiger partial charge in [-0.3, -0.25) is 19.2 Å². The molecule has 0 amide bonds. The fourth-order valence-electron chi connectivity index (χ4n) is 3.77. The SMILES string of the molecule is Cc1cc2c(c(O)c1-c1c(C)cc3c(c1O)C(=O)C=CC3=O)C(=O)C=CC2=O. The maximum atomic E-state index is 12.3. The number of ketones is 4. The molecule has 0 spiro atoms. The smallest absolute Gasteiger partial charge is 0.190 e. The van der Waals surface area contributed by atoms with Crippen molar-refractivity contribution in [1.29, 1.82) is 0 Å². The summed E-state index contributed by atoms with van der Waals surface area (Å²) in [5.41, 5.74) is 1.03. The number of rotatable bonds is 1. The predicted octanol–water partition coefficient (Wildman–Crippen LogP) is 3.25. The second-order valence-electron chi connectivity index (χ2n) is 6.80. The quantitative estimate of drug-likeness (QED) is 0.793. The van der Waals surface area contributed by atoms with Gasteiger partial charge in [-0.2, -0.15) is 0 Å². The van der Waals surface area contributed by atoms with E-state index in [4.69, 9.17) is 0 Å². The number of aromatic hydroxyl groups is 2. The first-order valence-electron chi connectivity index (χ1n) is 8.49. The number of aryl methyl sites for hydroxylation is 2.